The van der Waals surface area contributed by atoms with E-state index >= 15 is 0 Å². The Morgan fingerprint density at radius 3 is 2.89 bits per heavy atom. The van der Waals surface area contributed by atoms with Crippen molar-refractivity contribution in [1.82, 2.24) is 9.55 Å². The van der Waals surface area contributed by atoms with Crippen molar-refractivity contribution < 1.29 is 0 Å². The van der Waals surface area contributed by atoms with Crippen LogP contribution in [-0.4, -0.2) is 9.55 Å². The van der Waals surface area contributed by atoms with E-state index in [0.29, 0.717) is 17.4 Å². The van der Waals surface area contributed by atoms with Gasteiger partial charge in [-0.2, -0.15) is 0 Å². The van der Waals surface area contributed by atoms with Gasteiger partial charge < -0.3 is 10.3 Å². The fraction of sp³-hybridized carbons (Fsp3) is 0.500. The Bertz CT molecular complexity index is 600. The van der Waals surface area contributed by atoms with Gasteiger partial charge in [0.05, 0.1) is 11.0 Å². The SMILES string of the molecule is CC1(C)CCC(n2c(N)nc3ccc(Br)cc32)C1. The zero-order valence-corrected chi connectivity index (χ0v) is 12.4. The van der Waals surface area contributed by atoms with Gasteiger partial charge in [0.15, 0.2) is 0 Å². The second kappa shape index (κ2) is 3.98. The smallest absolute Gasteiger partial charge is 0.201 e. The van der Waals surface area contributed by atoms with Crippen molar-refractivity contribution in [3.63, 3.8) is 0 Å². The monoisotopic (exact) mass is 307 g/mol. The molecule has 18 heavy (non-hydrogen) atoms. The molecular weight excluding hydrogens is 290 g/mol. The highest BCUT2D eigenvalue weighted by Gasteiger charge is 2.33. The number of halogens is 1. The maximum atomic E-state index is 6.11. The number of nitrogen functional groups attached to an aromatic ring is 1. The minimum absolute atomic E-state index is 0.416. The summed E-state index contributed by atoms with van der Waals surface area (Å²) in [6, 6.07) is 6.63. The molecule has 3 nitrogen and oxygen atoms in total. The lowest BCUT2D eigenvalue weighted by Crippen LogP contribution is -2.11. The molecule has 1 heterocycles. The normalized spacial score (nSPS) is 22.7. The van der Waals surface area contributed by atoms with E-state index in [9.17, 15) is 0 Å². The van der Waals surface area contributed by atoms with Crippen molar-refractivity contribution in [2.24, 2.45) is 5.41 Å². The van der Waals surface area contributed by atoms with Gasteiger partial charge in [-0.1, -0.05) is 29.8 Å². The topological polar surface area (TPSA) is 43.8 Å². The Morgan fingerprint density at radius 1 is 1.44 bits per heavy atom. The number of hydrogen-bond acceptors (Lipinski definition) is 2. The van der Waals surface area contributed by atoms with Crippen molar-refractivity contribution in [2.45, 2.75) is 39.2 Å². The van der Waals surface area contributed by atoms with Crippen LogP contribution in [0.15, 0.2) is 22.7 Å². The Hall–Kier alpha value is -1.03. The first-order valence-electron chi connectivity index (χ1n) is 6.39. The van der Waals surface area contributed by atoms with Crippen LogP contribution >= 0.6 is 15.9 Å². The summed E-state index contributed by atoms with van der Waals surface area (Å²) in [5, 5.41) is 0. The lowest BCUT2D eigenvalue weighted by Gasteiger charge is -2.19. The minimum Gasteiger partial charge on any atom is -0.369 e. The molecule has 96 valence electrons. The summed E-state index contributed by atoms with van der Waals surface area (Å²) in [5.41, 5.74) is 8.65. The molecule has 1 atom stereocenters. The number of nitrogens with two attached hydrogens (primary N) is 1. The molecule has 2 aromatic rings. The highest BCUT2D eigenvalue weighted by molar-refractivity contribution is 9.10. The molecule has 0 radical (unpaired) electrons. The number of rotatable bonds is 1. The van der Waals surface area contributed by atoms with Gasteiger partial charge in [0.1, 0.15) is 0 Å². The molecule has 1 aromatic carbocycles. The molecule has 2 N–H and O–H groups in total. The van der Waals surface area contributed by atoms with E-state index in [1.807, 2.05) is 12.1 Å². The van der Waals surface area contributed by atoms with Gasteiger partial charge in [-0.15, -0.1) is 0 Å². The average molecular weight is 308 g/mol. The minimum atomic E-state index is 0.416. The molecule has 1 aromatic heterocycles. The van der Waals surface area contributed by atoms with Crippen LogP contribution in [0.25, 0.3) is 11.0 Å². The van der Waals surface area contributed by atoms with Crippen molar-refractivity contribution in [2.75, 3.05) is 5.73 Å². The summed E-state index contributed by atoms with van der Waals surface area (Å²) in [4.78, 5) is 4.47. The summed E-state index contributed by atoms with van der Waals surface area (Å²) in [6.07, 6.45) is 3.62. The molecule has 1 aliphatic carbocycles. The summed E-state index contributed by atoms with van der Waals surface area (Å²) in [7, 11) is 0. The molecule has 1 aliphatic rings. The second-order valence-corrected chi connectivity index (χ2v) is 6.95. The lowest BCUT2D eigenvalue weighted by molar-refractivity contribution is 0.361. The van der Waals surface area contributed by atoms with Crippen LogP contribution in [0.5, 0.6) is 0 Å². The number of imidazole rings is 1. The molecule has 0 aliphatic heterocycles. The van der Waals surface area contributed by atoms with E-state index in [4.69, 9.17) is 5.73 Å². The maximum absolute atomic E-state index is 6.11. The fourth-order valence-electron chi connectivity index (χ4n) is 3.09. The molecule has 0 amide bonds. The molecule has 1 fully saturated rings. The van der Waals surface area contributed by atoms with Crippen LogP contribution in [0.1, 0.15) is 39.2 Å². The Balaban J connectivity index is 2.11. The highest BCUT2D eigenvalue weighted by Crippen LogP contribution is 2.45. The zero-order chi connectivity index (χ0) is 12.9. The first kappa shape index (κ1) is 12.0. The first-order chi connectivity index (χ1) is 8.46. The molecule has 0 spiro atoms. The van der Waals surface area contributed by atoms with E-state index in [-0.39, 0.29) is 0 Å². The van der Waals surface area contributed by atoms with Gasteiger partial charge in [0.2, 0.25) is 5.95 Å². The van der Waals surface area contributed by atoms with E-state index in [1.54, 1.807) is 0 Å². The number of fused-ring (bicyclic) bond motifs is 1. The third-order valence-corrected chi connectivity index (χ3v) is 4.48. The predicted molar refractivity (Wildman–Crippen MR) is 78.5 cm³/mol. The lowest BCUT2D eigenvalue weighted by atomic mass is 9.92. The molecule has 0 bridgehead atoms. The number of nitrogens with zero attached hydrogens (tertiary/aromatic N) is 2. The third kappa shape index (κ3) is 1.92. The average Bonchev–Trinajstić information content (AvgIpc) is 2.77. The second-order valence-electron chi connectivity index (χ2n) is 6.03. The van der Waals surface area contributed by atoms with Crippen molar-refractivity contribution in [3.05, 3.63) is 22.7 Å². The molecule has 1 unspecified atom stereocenters. The van der Waals surface area contributed by atoms with Gasteiger partial charge in [-0.25, -0.2) is 4.98 Å². The van der Waals surface area contributed by atoms with Crippen LogP contribution in [0.2, 0.25) is 0 Å². The van der Waals surface area contributed by atoms with Crippen LogP contribution in [0.4, 0.5) is 5.95 Å². The molecule has 4 heteroatoms. The molecule has 1 saturated carbocycles. The zero-order valence-electron chi connectivity index (χ0n) is 10.8. The maximum Gasteiger partial charge on any atom is 0.201 e. The number of benzene rings is 1. The molecular formula is C14H18BrN3. The highest BCUT2D eigenvalue weighted by atomic mass is 79.9. The van der Waals surface area contributed by atoms with Gasteiger partial charge >= 0.3 is 0 Å². The summed E-state index contributed by atoms with van der Waals surface area (Å²) < 4.78 is 3.29. The van der Waals surface area contributed by atoms with E-state index in [1.165, 1.54) is 19.3 Å². The van der Waals surface area contributed by atoms with Gasteiger partial charge in [-0.05, 0) is 42.9 Å². The largest absolute Gasteiger partial charge is 0.369 e. The van der Waals surface area contributed by atoms with E-state index in [2.05, 4.69) is 45.4 Å². The summed E-state index contributed by atoms with van der Waals surface area (Å²) in [6.45, 7) is 4.66. The first-order valence-corrected chi connectivity index (χ1v) is 7.18. The number of anilines is 1. The van der Waals surface area contributed by atoms with Crippen molar-refractivity contribution >= 4 is 32.9 Å². The summed E-state index contributed by atoms with van der Waals surface area (Å²) in [5.74, 6) is 0.644. The quantitative estimate of drug-likeness (QED) is 0.860. The predicted octanol–water partition coefficient (Wildman–Crippen LogP) is 4.13. The third-order valence-electron chi connectivity index (χ3n) is 3.99. The Kier molecular flexibility index (Phi) is 2.66. The summed E-state index contributed by atoms with van der Waals surface area (Å²) >= 11 is 3.52. The Labute approximate surface area is 116 Å². The van der Waals surface area contributed by atoms with Crippen molar-refractivity contribution in [1.29, 1.82) is 0 Å². The standard InChI is InChI=1S/C14H18BrN3/c1-14(2)6-5-10(8-14)18-12-7-9(15)3-4-11(12)17-13(18)16/h3-4,7,10H,5-6,8H2,1-2H3,(H2,16,17). The Morgan fingerprint density at radius 2 is 2.22 bits per heavy atom. The van der Waals surface area contributed by atoms with Gasteiger partial charge in [0, 0.05) is 10.5 Å². The number of hydrogen-bond donors (Lipinski definition) is 1. The molecule has 0 saturated heterocycles. The van der Waals surface area contributed by atoms with E-state index in [0.717, 1.165) is 15.5 Å². The van der Waals surface area contributed by atoms with Crippen LogP contribution in [0.3, 0.4) is 0 Å². The van der Waals surface area contributed by atoms with Crippen LogP contribution in [0, 0.1) is 5.41 Å². The molecule has 3 rings (SSSR count). The van der Waals surface area contributed by atoms with Crippen molar-refractivity contribution in [3.8, 4) is 0 Å². The fourth-order valence-corrected chi connectivity index (χ4v) is 3.44. The van der Waals surface area contributed by atoms with Crippen LogP contribution in [-0.2, 0) is 0 Å². The van der Waals surface area contributed by atoms with Crippen LogP contribution < -0.4 is 5.73 Å². The van der Waals surface area contributed by atoms with E-state index < -0.39 is 0 Å². The van der Waals surface area contributed by atoms with Gasteiger partial charge in [-0.3, -0.25) is 0 Å². The van der Waals surface area contributed by atoms with Gasteiger partial charge in [0.25, 0.3) is 0 Å². The number of aromatic nitrogens is 2.